The van der Waals surface area contributed by atoms with Gasteiger partial charge in [0.05, 0.1) is 0 Å². The minimum atomic E-state index is -0.163. The Labute approximate surface area is 102 Å². The summed E-state index contributed by atoms with van der Waals surface area (Å²) in [5.74, 6) is -0.163. The molecule has 1 aromatic rings. The van der Waals surface area contributed by atoms with Crippen molar-refractivity contribution in [2.24, 2.45) is 0 Å². The van der Waals surface area contributed by atoms with Crippen molar-refractivity contribution in [2.45, 2.75) is 31.6 Å². The van der Waals surface area contributed by atoms with E-state index in [9.17, 15) is 4.39 Å². The van der Waals surface area contributed by atoms with Crippen molar-refractivity contribution in [3.8, 4) is 0 Å². The zero-order valence-electron chi connectivity index (χ0n) is 10.2. The minimum absolute atomic E-state index is 0.163. The predicted molar refractivity (Wildman–Crippen MR) is 70.4 cm³/mol. The Morgan fingerprint density at radius 1 is 1.38 bits per heavy atom. The Balaban J connectivity index is 2.38. The van der Waals surface area contributed by atoms with Crippen molar-refractivity contribution in [2.75, 3.05) is 12.8 Å². The van der Waals surface area contributed by atoms with Gasteiger partial charge in [-0.1, -0.05) is 19.1 Å². The summed E-state index contributed by atoms with van der Waals surface area (Å²) in [6.07, 6.45) is 3.27. The molecule has 0 saturated heterocycles. The molecule has 0 aliphatic rings. The second-order valence-electron chi connectivity index (χ2n) is 4.07. The Bertz CT molecular complexity index is 317. The summed E-state index contributed by atoms with van der Waals surface area (Å²) >= 11 is 1.87. The highest BCUT2D eigenvalue weighted by molar-refractivity contribution is 7.99. The Hall–Kier alpha value is -0.540. The molecule has 0 aliphatic carbocycles. The molecule has 0 spiro atoms. The SMILES string of the molecule is CSC(C)CCNC(C)c1cccc(F)c1. The van der Waals surface area contributed by atoms with Crippen molar-refractivity contribution in [3.63, 3.8) is 0 Å². The highest BCUT2D eigenvalue weighted by atomic mass is 32.2. The third-order valence-corrected chi connectivity index (χ3v) is 3.79. The Morgan fingerprint density at radius 2 is 2.12 bits per heavy atom. The highest BCUT2D eigenvalue weighted by Crippen LogP contribution is 2.14. The molecule has 0 bridgehead atoms. The number of benzene rings is 1. The second-order valence-corrected chi connectivity index (χ2v) is 5.34. The minimum Gasteiger partial charge on any atom is -0.310 e. The third kappa shape index (κ3) is 4.54. The molecule has 0 saturated carbocycles. The second kappa shape index (κ2) is 6.92. The number of halogens is 1. The van der Waals surface area contributed by atoms with E-state index >= 15 is 0 Å². The van der Waals surface area contributed by atoms with Gasteiger partial charge in [0, 0.05) is 11.3 Å². The molecule has 1 rings (SSSR count). The standard InChI is InChI=1S/C13H20FNS/c1-10(16-3)7-8-15-11(2)12-5-4-6-13(14)9-12/h4-6,9-11,15H,7-8H2,1-3H3. The number of rotatable bonds is 6. The molecule has 1 nitrogen and oxygen atoms in total. The molecule has 1 N–H and O–H groups in total. The smallest absolute Gasteiger partial charge is 0.123 e. The molecule has 2 atom stereocenters. The first-order valence-electron chi connectivity index (χ1n) is 5.65. The van der Waals surface area contributed by atoms with Crippen LogP contribution in [0.4, 0.5) is 4.39 Å². The average molecular weight is 241 g/mol. The first kappa shape index (κ1) is 13.5. The van der Waals surface area contributed by atoms with Crippen LogP contribution in [-0.4, -0.2) is 18.1 Å². The molecule has 0 aliphatic heterocycles. The zero-order chi connectivity index (χ0) is 12.0. The van der Waals surface area contributed by atoms with Crippen molar-refractivity contribution < 1.29 is 4.39 Å². The highest BCUT2D eigenvalue weighted by Gasteiger charge is 2.06. The van der Waals surface area contributed by atoms with Gasteiger partial charge >= 0.3 is 0 Å². The molecule has 0 radical (unpaired) electrons. The molecule has 0 aromatic heterocycles. The van der Waals surface area contributed by atoms with Crippen LogP contribution < -0.4 is 5.32 Å². The lowest BCUT2D eigenvalue weighted by Crippen LogP contribution is -2.21. The normalized spacial score (nSPS) is 14.8. The third-order valence-electron chi connectivity index (χ3n) is 2.75. The lowest BCUT2D eigenvalue weighted by atomic mass is 10.1. The van der Waals surface area contributed by atoms with Crippen molar-refractivity contribution in [1.82, 2.24) is 5.32 Å². The van der Waals surface area contributed by atoms with Gasteiger partial charge in [0.15, 0.2) is 0 Å². The summed E-state index contributed by atoms with van der Waals surface area (Å²) < 4.78 is 13.0. The molecule has 16 heavy (non-hydrogen) atoms. The molecule has 0 fully saturated rings. The van der Waals surface area contributed by atoms with Gasteiger partial charge < -0.3 is 5.32 Å². The van der Waals surface area contributed by atoms with Gasteiger partial charge in [-0.2, -0.15) is 11.8 Å². The van der Waals surface area contributed by atoms with Gasteiger partial charge in [-0.25, -0.2) is 4.39 Å². The molecule has 0 amide bonds. The number of thioether (sulfide) groups is 1. The van der Waals surface area contributed by atoms with Gasteiger partial charge in [-0.3, -0.25) is 0 Å². The maximum absolute atomic E-state index is 13.0. The van der Waals surface area contributed by atoms with Crippen LogP contribution in [-0.2, 0) is 0 Å². The van der Waals surface area contributed by atoms with E-state index in [2.05, 4.69) is 25.4 Å². The van der Waals surface area contributed by atoms with Gasteiger partial charge in [0.1, 0.15) is 5.82 Å². The predicted octanol–water partition coefficient (Wildman–Crippen LogP) is 3.62. The van der Waals surface area contributed by atoms with E-state index in [1.54, 1.807) is 12.1 Å². The monoisotopic (exact) mass is 241 g/mol. The van der Waals surface area contributed by atoms with Gasteiger partial charge in [0.2, 0.25) is 0 Å². The van der Waals surface area contributed by atoms with Crippen molar-refractivity contribution in [3.05, 3.63) is 35.6 Å². The van der Waals surface area contributed by atoms with Crippen LogP contribution in [0.1, 0.15) is 31.9 Å². The topological polar surface area (TPSA) is 12.0 Å². The number of hydrogen-bond acceptors (Lipinski definition) is 2. The molecule has 3 heteroatoms. The van der Waals surface area contributed by atoms with Crippen LogP contribution in [0.3, 0.4) is 0 Å². The molecular formula is C13H20FNS. The first-order valence-corrected chi connectivity index (χ1v) is 6.94. The van der Waals surface area contributed by atoms with Crippen LogP contribution >= 0.6 is 11.8 Å². The van der Waals surface area contributed by atoms with Crippen LogP contribution in [0.2, 0.25) is 0 Å². The molecule has 2 unspecified atom stereocenters. The first-order chi connectivity index (χ1) is 7.63. The lowest BCUT2D eigenvalue weighted by molar-refractivity contribution is 0.551. The quantitative estimate of drug-likeness (QED) is 0.816. The van der Waals surface area contributed by atoms with E-state index in [-0.39, 0.29) is 11.9 Å². The van der Waals surface area contributed by atoms with Gasteiger partial charge in [-0.05, 0) is 43.8 Å². The summed E-state index contributed by atoms with van der Waals surface area (Å²) in [4.78, 5) is 0. The van der Waals surface area contributed by atoms with Gasteiger partial charge in [-0.15, -0.1) is 0 Å². The van der Waals surface area contributed by atoms with E-state index < -0.39 is 0 Å². The number of nitrogens with one attached hydrogen (secondary N) is 1. The van der Waals surface area contributed by atoms with Crippen molar-refractivity contribution in [1.29, 1.82) is 0 Å². The molecule has 1 aromatic carbocycles. The number of hydrogen-bond donors (Lipinski definition) is 1. The summed E-state index contributed by atoms with van der Waals surface area (Å²) in [6.45, 7) is 5.26. The fourth-order valence-corrected chi connectivity index (χ4v) is 1.87. The summed E-state index contributed by atoms with van der Waals surface area (Å²) in [6, 6.07) is 7.00. The average Bonchev–Trinajstić information content (AvgIpc) is 2.28. The maximum Gasteiger partial charge on any atom is 0.123 e. The van der Waals surface area contributed by atoms with E-state index in [1.165, 1.54) is 6.07 Å². The molecular weight excluding hydrogens is 221 g/mol. The fourth-order valence-electron chi connectivity index (χ4n) is 1.51. The van der Waals surface area contributed by atoms with E-state index in [4.69, 9.17) is 0 Å². The fraction of sp³-hybridized carbons (Fsp3) is 0.538. The van der Waals surface area contributed by atoms with E-state index in [1.807, 2.05) is 17.8 Å². The summed E-state index contributed by atoms with van der Waals surface area (Å²) in [5.41, 5.74) is 1.01. The molecule has 0 heterocycles. The van der Waals surface area contributed by atoms with Crippen LogP contribution in [0.25, 0.3) is 0 Å². The van der Waals surface area contributed by atoms with Crippen molar-refractivity contribution >= 4 is 11.8 Å². The lowest BCUT2D eigenvalue weighted by Gasteiger charge is -2.15. The van der Waals surface area contributed by atoms with E-state index in [0.717, 1.165) is 18.5 Å². The largest absolute Gasteiger partial charge is 0.310 e. The van der Waals surface area contributed by atoms with Crippen LogP contribution in [0.5, 0.6) is 0 Å². The Morgan fingerprint density at radius 3 is 2.75 bits per heavy atom. The molecule has 90 valence electrons. The Kier molecular flexibility index (Phi) is 5.85. The maximum atomic E-state index is 13.0. The zero-order valence-corrected chi connectivity index (χ0v) is 11.0. The summed E-state index contributed by atoms with van der Waals surface area (Å²) in [5, 5.41) is 4.08. The summed E-state index contributed by atoms with van der Waals surface area (Å²) in [7, 11) is 0. The van der Waals surface area contributed by atoms with E-state index in [0.29, 0.717) is 5.25 Å². The van der Waals surface area contributed by atoms with Crippen LogP contribution in [0.15, 0.2) is 24.3 Å². The van der Waals surface area contributed by atoms with Crippen LogP contribution in [0, 0.1) is 5.82 Å². The van der Waals surface area contributed by atoms with Gasteiger partial charge in [0.25, 0.3) is 0 Å².